The van der Waals surface area contributed by atoms with Crippen LogP contribution in [0.4, 0.5) is 4.39 Å². The molecule has 94 valence electrons. The van der Waals surface area contributed by atoms with Crippen LogP contribution >= 0.6 is 11.8 Å². The highest BCUT2D eigenvalue weighted by Gasteiger charge is 2.18. The zero-order valence-corrected chi connectivity index (χ0v) is 10.9. The number of carbonyl (C=O) groups is 1. The van der Waals surface area contributed by atoms with Crippen LogP contribution < -0.4 is 0 Å². The summed E-state index contributed by atoms with van der Waals surface area (Å²) in [5.41, 5.74) is 1.77. The number of allylic oxidation sites excluding steroid dienone is 2. The maximum atomic E-state index is 12.8. The highest BCUT2D eigenvalue weighted by Crippen LogP contribution is 2.32. The molecule has 0 spiro atoms. The lowest BCUT2D eigenvalue weighted by atomic mass is 9.91. The van der Waals surface area contributed by atoms with Gasteiger partial charge in [0.2, 0.25) is 0 Å². The molecule has 1 nitrogen and oxygen atoms in total. The molecule has 3 heteroatoms. The predicted octanol–water partition coefficient (Wildman–Crippen LogP) is 4.33. The molecule has 0 radical (unpaired) electrons. The number of carbonyl (C=O) groups excluding carboxylic acids is 1. The minimum atomic E-state index is -0.233. The van der Waals surface area contributed by atoms with E-state index in [1.54, 1.807) is 23.9 Å². The van der Waals surface area contributed by atoms with Gasteiger partial charge in [-0.15, -0.1) is 0 Å². The molecule has 0 bridgehead atoms. The van der Waals surface area contributed by atoms with E-state index >= 15 is 0 Å². The normalized spacial score (nSPS) is 13.9. The van der Waals surface area contributed by atoms with Crippen molar-refractivity contribution in [1.29, 1.82) is 0 Å². The molecule has 0 aromatic heterocycles. The molecule has 0 saturated heterocycles. The van der Waals surface area contributed by atoms with E-state index in [1.807, 2.05) is 30.3 Å². The van der Waals surface area contributed by atoms with Crippen LogP contribution in [0.15, 0.2) is 64.4 Å². The maximum Gasteiger partial charge on any atom is 0.166 e. The van der Waals surface area contributed by atoms with Gasteiger partial charge in [0, 0.05) is 21.8 Å². The number of benzene rings is 2. The molecule has 3 rings (SSSR count). The molecule has 0 N–H and O–H groups in total. The average molecular weight is 270 g/mol. The second-order valence-electron chi connectivity index (χ2n) is 4.33. The Hall–Kier alpha value is -1.87. The van der Waals surface area contributed by atoms with Crippen molar-refractivity contribution in [2.45, 2.75) is 16.2 Å². The summed E-state index contributed by atoms with van der Waals surface area (Å²) in [4.78, 5) is 13.4. The van der Waals surface area contributed by atoms with Crippen molar-refractivity contribution < 1.29 is 9.18 Å². The summed E-state index contributed by atoms with van der Waals surface area (Å²) < 4.78 is 12.8. The summed E-state index contributed by atoms with van der Waals surface area (Å²) in [6, 6.07) is 14.3. The Labute approximate surface area is 115 Å². The molecule has 0 aliphatic heterocycles. The van der Waals surface area contributed by atoms with Gasteiger partial charge in [-0.3, -0.25) is 4.79 Å². The van der Waals surface area contributed by atoms with E-state index in [9.17, 15) is 9.18 Å². The Morgan fingerprint density at radius 3 is 2.42 bits per heavy atom. The van der Waals surface area contributed by atoms with Gasteiger partial charge in [0.15, 0.2) is 5.78 Å². The van der Waals surface area contributed by atoms with Crippen molar-refractivity contribution in [2.24, 2.45) is 0 Å². The Bertz CT molecular complexity index is 659. The van der Waals surface area contributed by atoms with Gasteiger partial charge in [0.05, 0.1) is 0 Å². The number of hydrogen-bond donors (Lipinski definition) is 0. The minimum Gasteiger partial charge on any atom is -0.294 e. The van der Waals surface area contributed by atoms with Gasteiger partial charge >= 0.3 is 0 Å². The quantitative estimate of drug-likeness (QED) is 0.825. The summed E-state index contributed by atoms with van der Waals surface area (Å²) in [7, 11) is 0. The first-order valence-corrected chi connectivity index (χ1v) is 6.81. The van der Waals surface area contributed by atoms with Crippen LogP contribution in [0.5, 0.6) is 0 Å². The van der Waals surface area contributed by atoms with Crippen LogP contribution in [0.3, 0.4) is 0 Å². The first-order valence-electron chi connectivity index (χ1n) is 5.99. The van der Waals surface area contributed by atoms with E-state index in [1.165, 1.54) is 12.1 Å². The van der Waals surface area contributed by atoms with Crippen molar-refractivity contribution in [3.63, 3.8) is 0 Å². The van der Waals surface area contributed by atoms with E-state index in [0.717, 1.165) is 20.9 Å². The fourth-order valence-electron chi connectivity index (χ4n) is 1.93. The molecule has 1 aliphatic rings. The summed E-state index contributed by atoms with van der Waals surface area (Å²) in [5, 5.41) is 0. The van der Waals surface area contributed by atoms with E-state index < -0.39 is 0 Å². The van der Waals surface area contributed by atoms with Crippen molar-refractivity contribution in [3.8, 4) is 0 Å². The van der Waals surface area contributed by atoms with Crippen LogP contribution in [-0.4, -0.2) is 5.78 Å². The van der Waals surface area contributed by atoms with Crippen LogP contribution in [0.1, 0.15) is 12.0 Å². The second kappa shape index (κ2) is 5.02. The van der Waals surface area contributed by atoms with Crippen LogP contribution in [0, 0.1) is 5.82 Å². The fraction of sp³-hybridized carbons (Fsp3) is 0.0625. The van der Waals surface area contributed by atoms with E-state index in [2.05, 4.69) is 0 Å². The van der Waals surface area contributed by atoms with Gasteiger partial charge in [-0.2, -0.15) is 0 Å². The summed E-state index contributed by atoms with van der Waals surface area (Å²) in [6.07, 6.45) is 2.49. The molecular weight excluding hydrogens is 259 g/mol. The lowest BCUT2D eigenvalue weighted by molar-refractivity contribution is -0.114. The van der Waals surface area contributed by atoms with Crippen molar-refractivity contribution in [3.05, 3.63) is 66.0 Å². The van der Waals surface area contributed by atoms with E-state index in [4.69, 9.17) is 0 Å². The minimum absolute atomic E-state index is 0.198. The van der Waals surface area contributed by atoms with Crippen molar-refractivity contribution in [2.75, 3.05) is 0 Å². The second-order valence-corrected chi connectivity index (χ2v) is 5.48. The lowest BCUT2D eigenvalue weighted by Crippen LogP contribution is -2.09. The Kier molecular flexibility index (Phi) is 3.22. The number of hydrogen-bond acceptors (Lipinski definition) is 2. The molecular formula is C16H11FOS. The number of halogens is 1. The number of ketones is 1. The monoisotopic (exact) mass is 270 g/mol. The third-order valence-corrected chi connectivity index (χ3v) is 3.98. The SMILES string of the molecule is O=C1CC=C1c1cccc(Sc2ccc(F)cc2)c1. The standard InChI is InChI=1S/C16H11FOS/c17-12-4-6-13(7-5-12)19-14-3-1-2-11(10-14)15-8-9-16(15)18/h1-8,10H,9H2. The number of Topliss-reactive ketones (excluding diaryl/α,β-unsaturated/α-hetero) is 1. The van der Waals surface area contributed by atoms with Gasteiger partial charge in [0.25, 0.3) is 0 Å². The Balaban J connectivity index is 1.84. The highest BCUT2D eigenvalue weighted by molar-refractivity contribution is 7.99. The summed E-state index contributed by atoms with van der Waals surface area (Å²) >= 11 is 1.56. The fourth-order valence-corrected chi connectivity index (χ4v) is 2.81. The Morgan fingerprint density at radius 2 is 1.79 bits per heavy atom. The zero-order valence-electron chi connectivity index (χ0n) is 10.1. The highest BCUT2D eigenvalue weighted by atomic mass is 32.2. The lowest BCUT2D eigenvalue weighted by Gasteiger charge is -2.14. The molecule has 19 heavy (non-hydrogen) atoms. The average Bonchev–Trinajstić information content (AvgIpc) is 2.40. The van der Waals surface area contributed by atoms with Crippen LogP contribution in [0.2, 0.25) is 0 Å². The van der Waals surface area contributed by atoms with Crippen LogP contribution in [0.25, 0.3) is 5.57 Å². The maximum absolute atomic E-state index is 12.8. The summed E-state index contributed by atoms with van der Waals surface area (Å²) in [6.45, 7) is 0. The molecule has 0 heterocycles. The van der Waals surface area contributed by atoms with Crippen LogP contribution in [-0.2, 0) is 4.79 Å². The molecule has 0 unspecified atom stereocenters. The van der Waals surface area contributed by atoms with E-state index in [-0.39, 0.29) is 11.6 Å². The first-order chi connectivity index (χ1) is 9.22. The molecule has 0 saturated carbocycles. The predicted molar refractivity (Wildman–Crippen MR) is 74.6 cm³/mol. The van der Waals surface area contributed by atoms with E-state index in [0.29, 0.717) is 6.42 Å². The molecule has 0 fully saturated rings. The van der Waals surface area contributed by atoms with Gasteiger partial charge in [-0.1, -0.05) is 30.0 Å². The van der Waals surface area contributed by atoms with Gasteiger partial charge in [-0.25, -0.2) is 4.39 Å². The first kappa shape index (κ1) is 12.2. The van der Waals surface area contributed by atoms with Crippen molar-refractivity contribution in [1.82, 2.24) is 0 Å². The topological polar surface area (TPSA) is 17.1 Å². The molecule has 0 amide bonds. The summed E-state index contributed by atoms with van der Waals surface area (Å²) in [5.74, 6) is -0.0350. The smallest absolute Gasteiger partial charge is 0.166 e. The van der Waals surface area contributed by atoms with Crippen molar-refractivity contribution >= 4 is 23.1 Å². The third-order valence-electron chi connectivity index (χ3n) is 2.99. The largest absolute Gasteiger partial charge is 0.294 e. The van der Waals surface area contributed by atoms with Gasteiger partial charge < -0.3 is 0 Å². The van der Waals surface area contributed by atoms with Gasteiger partial charge in [0.1, 0.15) is 5.82 Å². The Morgan fingerprint density at radius 1 is 1.00 bits per heavy atom. The molecule has 2 aromatic carbocycles. The molecule has 2 aromatic rings. The van der Waals surface area contributed by atoms with Gasteiger partial charge in [-0.05, 0) is 42.0 Å². The molecule has 1 aliphatic carbocycles. The molecule has 0 atom stereocenters. The third kappa shape index (κ3) is 2.61. The zero-order chi connectivity index (χ0) is 13.2. The number of rotatable bonds is 3.